The molecule has 138 valence electrons. The van der Waals surface area contributed by atoms with Crippen LogP contribution in [0.5, 0.6) is 0 Å². The Balaban J connectivity index is 2.70. The number of hydrogen-bond acceptors (Lipinski definition) is 5. The van der Waals surface area contributed by atoms with Crippen molar-refractivity contribution in [1.82, 2.24) is 0 Å². The molecule has 0 fully saturated rings. The highest BCUT2D eigenvalue weighted by molar-refractivity contribution is 9.10. The number of alkyl halides is 3. The van der Waals surface area contributed by atoms with E-state index in [-0.39, 0.29) is 21.4 Å². The Bertz CT molecular complexity index is 828. The molecule has 0 unspecified atom stereocenters. The molecule has 1 heterocycles. The van der Waals surface area contributed by atoms with Gasteiger partial charge in [-0.05, 0) is 30.4 Å². The normalized spacial score (nSPS) is 14.3. The van der Waals surface area contributed by atoms with Gasteiger partial charge in [-0.3, -0.25) is 0 Å². The minimum atomic E-state index is -4.61. The van der Waals surface area contributed by atoms with Crippen LogP contribution in [0.25, 0.3) is 0 Å². The fourth-order valence-electron chi connectivity index (χ4n) is 2.25. The van der Waals surface area contributed by atoms with E-state index in [1.54, 1.807) is 0 Å². The van der Waals surface area contributed by atoms with Crippen molar-refractivity contribution in [3.63, 3.8) is 0 Å². The van der Waals surface area contributed by atoms with E-state index in [0.717, 1.165) is 25.2 Å². The van der Waals surface area contributed by atoms with Crippen LogP contribution in [-0.4, -0.2) is 26.2 Å². The lowest BCUT2D eigenvalue weighted by atomic mass is 10.1. The molecule has 1 aromatic rings. The monoisotopic (exact) mass is 431 g/mol. The lowest BCUT2D eigenvalue weighted by Crippen LogP contribution is -2.27. The van der Waals surface area contributed by atoms with Gasteiger partial charge in [0.05, 0.1) is 25.4 Å². The quantitative estimate of drug-likeness (QED) is 0.678. The highest BCUT2D eigenvalue weighted by Gasteiger charge is 2.34. The van der Waals surface area contributed by atoms with Crippen molar-refractivity contribution in [2.45, 2.75) is 6.18 Å². The summed E-state index contributed by atoms with van der Waals surface area (Å²) in [7, 11) is 2.23. The minimum Gasteiger partial charge on any atom is -0.465 e. The average Bonchev–Trinajstić information content (AvgIpc) is 2.82. The van der Waals surface area contributed by atoms with Crippen molar-refractivity contribution in [2.24, 2.45) is 0 Å². The predicted molar refractivity (Wildman–Crippen MR) is 91.0 cm³/mol. The Kier molecular flexibility index (Phi) is 5.91. The summed E-state index contributed by atoms with van der Waals surface area (Å²) in [6.07, 6.45) is 0.982. The summed E-state index contributed by atoms with van der Waals surface area (Å²) in [5.41, 5.74) is -1.33. The van der Waals surface area contributed by atoms with Crippen molar-refractivity contribution >= 4 is 33.6 Å². The largest absolute Gasteiger partial charge is 0.465 e. The molecule has 0 saturated heterocycles. The molecule has 0 saturated carbocycles. The Morgan fingerprint density at radius 1 is 1.08 bits per heavy atom. The molecular weight excluding hydrogens is 419 g/mol. The second kappa shape index (κ2) is 7.77. The third kappa shape index (κ3) is 3.98. The highest BCUT2D eigenvalue weighted by Crippen LogP contribution is 2.38. The van der Waals surface area contributed by atoms with Gasteiger partial charge in [0, 0.05) is 16.4 Å². The number of nitrogens with zero attached hydrogens (tertiary/aromatic N) is 1. The summed E-state index contributed by atoms with van der Waals surface area (Å²) in [6.45, 7) is 0. The SMILES string of the molecule is COC(=O)C1=C(C(=O)OC)N(c2ccc(Br)c(C(F)(F)F)c2)C=CC=C1. The molecule has 0 radical (unpaired) electrons. The second-order valence-electron chi connectivity index (χ2n) is 4.98. The molecular formula is C17H13BrF3NO4. The summed E-state index contributed by atoms with van der Waals surface area (Å²) in [5, 5.41) is 0. The first-order valence-corrected chi connectivity index (χ1v) is 7.91. The molecule has 1 aromatic carbocycles. The van der Waals surface area contributed by atoms with E-state index < -0.39 is 23.7 Å². The van der Waals surface area contributed by atoms with Crippen LogP contribution in [0.1, 0.15) is 5.56 Å². The van der Waals surface area contributed by atoms with Crippen molar-refractivity contribution in [2.75, 3.05) is 19.1 Å². The molecule has 0 amide bonds. The van der Waals surface area contributed by atoms with E-state index in [9.17, 15) is 22.8 Å². The molecule has 9 heteroatoms. The molecule has 26 heavy (non-hydrogen) atoms. The number of halogens is 4. The number of esters is 2. The Morgan fingerprint density at radius 3 is 2.31 bits per heavy atom. The van der Waals surface area contributed by atoms with E-state index in [1.807, 2.05) is 0 Å². The third-order valence-corrected chi connectivity index (χ3v) is 4.11. The molecule has 0 aliphatic carbocycles. The number of rotatable bonds is 3. The number of benzene rings is 1. The zero-order chi connectivity index (χ0) is 19.5. The first-order chi connectivity index (χ1) is 12.2. The van der Waals surface area contributed by atoms with Crippen LogP contribution in [0.4, 0.5) is 18.9 Å². The predicted octanol–water partition coefficient (Wildman–Crippen LogP) is 3.96. The lowest BCUT2D eigenvalue weighted by Gasteiger charge is -2.24. The maximum Gasteiger partial charge on any atom is 0.417 e. The van der Waals surface area contributed by atoms with Gasteiger partial charge in [0.1, 0.15) is 5.70 Å². The van der Waals surface area contributed by atoms with Crippen LogP contribution in [0, 0.1) is 0 Å². The molecule has 2 rings (SSSR count). The lowest BCUT2D eigenvalue weighted by molar-refractivity contribution is -0.139. The minimum absolute atomic E-state index is 0.0160. The van der Waals surface area contributed by atoms with Crippen LogP contribution >= 0.6 is 15.9 Å². The fraction of sp³-hybridized carbons (Fsp3) is 0.176. The van der Waals surface area contributed by atoms with Crippen LogP contribution < -0.4 is 4.90 Å². The van der Waals surface area contributed by atoms with E-state index in [1.165, 1.54) is 36.6 Å². The Labute approximate surface area is 155 Å². The van der Waals surface area contributed by atoms with Gasteiger partial charge in [0.2, 0.25) is 0 Å². The molecule has 0 bridgehead atoms. The van der Waals surface area contributed by atoms with Gasteiger partial charge in [-0.15, -0.1) is 0 Å². The summed E-state index contributed by atoms with van der Waals surface area (Å²) in [5.74, 6) is -1.73. The average molecular weight is 432 g/mol. The van der Waals surface area contributed by atoms with Crippen LogP contribution in [-0.2, 0) is 25.2 Å². The fourth-order valence-corrected chi connectivity index (χ4v) is 2.72. The number of ether oxygens (including phenoxy) is 2. The van der Waals surface area contributed by atoms with Gasteiger partial charge >= 0.3 is 18.1 Å². The zero-order valence-electron chi connectivity index (χ0n) is 13.6. The second-order valence-corrected chi connectivity index (χ2v) is 5.83. The van der Waals surface area contributed by atoms with Gasteiger partial charge in [0.15, 0.2) is 0 Å². The van der Waals surface area contributed by atoms with Gasteiger partial charge in [0.25, 0.3) is 0 Å². The number of allylic oxidation sites excluding steroid dienone is 2. The smallest absolute Gasteiger partial charge is 0.417 e. The summed E-state index contributed by atoms with van der Waals surface area (Å²) < 4.78 is 48.8. The van der Waals surface area contributed by atoms with Crippen LogP contribution in [0.3, 0.4) is 0 Å². The van der Waals surface area contributed by atoms with Gasteiger partial charge in [-0.2, -0.15) is 13.2 Å². The maximum atomic E-state index is 13.2. The Hall–Kier alpha value is -2.55. The third-order valence-electron chi connectivity index (χ3n) is 3.42. The van der Waals surface area contributed by atoms with Gasteiger partial charge in [-0.25, -0.2) is 9.59 Å². The van der Waals surface area contributed by atoms with Crippen LogP contribution in [0.2, 0.25) is 0 Å². The van der Waals surface area contributed by atoms with Crippen molar-refractivity contribution in [1.29, 1.82) is 0 Å². The van der Waals surface area contributed by atoms with Crippen LogP contribution in [0.15, 0.2) is 58.4 Å². The van der Waals surface area contributed by atoms with E-state index in [0.29, 0.717) is 0 Å². The molecule has 0 spiro atoms. The van der Waals surface area contributed by atoms with Crippen molar-refractivity contribution in [3.05, 3.63) is 63.9 Å². The highest BCUT2D eigenvalue weighted by atomic mass is 79.9. The standard InChI is InChI=1S/C17H13BrF3NO4/c1-25-15(23)11-5-3-4-8-22(14(11)16(24)26-2)10-6-7-13(18)12(9-10)17(19,20)21/h3-9H,1-2H3. The number of carbonyl (C=O) groups is 2. The summed E-state index contributed by atoms with van der Waals surface area (Å²) in [6, 6.07) is 3.43. The number of anilines is 1. The molecule has 0 atom stereocenters. The summed E-state index contributed by atoms with van der Waals surface area (Å²) in [4.78, 5) is 25.4. The molecule has 1 aliphatic rings. The topological polar surface area (TPSA) is 55.8 Å². The molecule has 1 aliphatic heterocycles. The zero-order valence-corrected chi connectivity index (χ0v) is 15.2. The van der Waals surface area contributed by atoms with Gasteiger partial charge < -0.3 is 14.4 Å². The number of methoxy groups -OCH3 is 2. The maximum absolute atomic E-state index is 13.2. The van der Waals surface area contributed by atoms with Crippen molar-refractivity contribution in [3.8, 4) is 0 Å². The molecule has 0 aromatic heterocycles. The van der Waals surface area contributed by atoms with Gasteiger partial charge in [-0.1, -0.05) is 22.0 Å². The number of carbonyl (C=O) groups excluding carboxylic acids is 2. The van der Waals surface area contributed by atoms with E-state index in [4.69, 9.17) is 4.74 Å². The number of hydrogen-bond donors (Lipinski definition) is 0. The Morgan fingerprint density at radius 2 is 1.73 bits per heavy atom. The first kappa shape index (κ1) is 19.8. The first-order valence-electron chi connectivity index (χ1n) is 7.12. The molecule has 5 nitrogen and oxygen atoms in total. The van der Waals surface area contributed by atoms with E-state index in [2.05, 4.69) is 20.7 Å². The van der Waals surface area contributed by atoms with Crippen molar-refractivity contribution < 1.29 is 32.2 Å². The van der Waals surface area contributed by atoms with E-state index >= 15 is 0 Å². The summed E-state index contributed by atoms with van der Waals surface area (Å²) >= 11 is 2.86. The molecule has 0 N–H and O–H groups in total.